The number of nitrogens with zero attached hydrogens (tertiary/aromatic N) is 2. The van der Waals surface area contributed by atoms with Crippen molar-refractivity contribution >= 4 is 23.3 Å². The molecular weight excluding hydrogens is 380 g/mol. The second-order valence-corrected chi connectivity index (χ2v) is 7.36. The van der Waals surface area contributed by atoms with Gasteiger partial charge < -0.3 is 20.0 Å². The predicted molar refractivity (Wildman–Crippen MR) is 119 cm³/mol. The average Bonchev–Trinajstić information content (AvgIpc) is 2.90. The van der Waals surface area contributed by atoms with Gasteiger partial charge in [0.25, 0.3) is 0 Å². The van der Waals surface area contributed by atoms with Gasteiger partial charge in [-0.15, -0.1) is 0 Å². The van der Waals surface area contributed by atoms with Gasteiger partial charge in [0.05, 0.1) is 0 Å². The first-order valence-electron chi connectivity index (χ1n) is 11.3. The molecule has 0 amide bonds. The lowest BCUT2D eigenvalue weighted by atomic mass is 10.0. The number of rotatable bonds is 6. The maximum absolute atomic E-state index is 9.55. The molecule has 3 rings (SSSR count). The second-order valence-electron chi connectivity index (χ2n) is 7.36. The van der Waals surface area contributed by atoms with Crippen LogP contribution in [0.5, 0.6) is 0 Å². The van der Waals surface area contributed by atoms with Crippen LogP contribution < -0.4 is 4.90 Å². The molecule has 160 valence electrons. The van der Waals surface area contributed by atoms with Crippen LogP contribution in [0.3, 0.4) is 0 Å². The van der Waals surface area contributed by atoms with Gasteiger partial charge in [-0.25, -0.2) is 9.59 Å². The van der Waals surface area contributed by atoms with E-state index in [4.69, 9.17) is 14.3 Å². The van der Waals surface area contributed by atoms with Crippen molar-refractivity contribution in [3.63, 3.8) is 0 Å². The maximum atomic E-state index is 9.55. The molecule has 0 bridgehead atoms. The highest BCUT2D eigenvalue weighted by Crippen LogP contribution is 2.36. The van der Waals surface area contributed by atoms with Crippen molar-refractivity contribution in [3.05, 3.63) is 71.8 Å². The van der Waals surface area contributed by atoms with Crippen LogP contribution in [0.25, 0.3) is 0 Å². The van der Waals surface area contributed by atoms with Gasteiger partial charge in [0.15, 0.2) is 0 Å². The zero-order chi connectivity index (χ0) is 24.6. The Bertz CT molecular complexity index is 928. The molecule has 1 atom stereocenters. The lowest BCUT2D eigenvalue weighted by Crippen LogP contribution is -2.30. The smallest absolute Gasteiger partial charge is 0.328 e. The topological polar surface area (TPSA) is 81.1 Å². The largest absolute Gasteiger partial charge is 0.478 e. The van der Waals surface area contributed by atoms with E-state index in [0.717, 1.165) is 19.4 Å². The quantitative estimate of drug-likeness (QED) is 0.701. The molecule has 2 N–H and O–H groups in total. The molecule has 2 aromatic carbocycles. The number of carbonyl (C=O) groups is 2. The number of carboxylic acid groups (broad SMARTS) is 2. The van der Waals surface area contributed by atoms with Gasteiger partial charge in [-0.3, -0.25) is 0 Å². The predicted octanol–water partition coefficient (Wildman–Crippen LogP) is 3.83. The first kappa shape index (κ1) is 18.9. The monoisotopic (exact) mass is 413 g/mol. The van der Waals surface area contributed by atoms with Gasteiger partial charge in [-0.2, -0.15) is 0 Å². The minimum Gasteiger partial charge on any atom is -0.478 e. The van der Waals surface area contributed by atoms with Crippen molar-refractivity contribution in [3.8, 4) is 0 Å². The number of hydrogen-bond acceptors (Lipinski definition) is 4. The highest BCUT2D eigenvalue weighted by molar-refractivity contribution is 5.89. The zero-order valence-electron chi connectivity index (χ0n) is 20.3. The second kappa shape index (κ2) is 11.2. The number of hydrogen-bond donors (Lipinski definition) is 2. The van der Waals surface area contributed by atoms with Crippen molar-refractivity contribution in [2.24, 2.45) is 5.92 Å². The molecule has 1 unspecified atom stereocenters. The molecule has 30 heavy (non-hydrogen) atoms. The van der Waals surface area contributed by atoms with E-state index in [9.17, 15) is 9.59 Å². The minimum absolute atomic E-state index is 0.227. The summed E-state index contributed by atoms with van der Waals surface area (Å²) in [5.74, 6) is -2.29. The standard InChI is InChI=1S/C20H26N2.C4H4O4/c1-16(14-21(2)3)15-22-19-10-6-4-8-17(19)12-13-18-9-5-7-11-20(18)22;5-3(6)1-2-4(7)8/h4-11,16H,12-15H2,1-3H3;1-2H,(H,5,6)(H,7,8)/b;2-1-/i2D3;. The van der Waals surface area contributed by atoms with Gasteiger partial charge in [-0.1, -0.05) is 43.3 Å². The van der Waals surface area contributed by atoms with Gasteiger partial charge in [0.1, 0.15) is 0 Å². The zero-order valence-corrected chi connectivity index (χ0v) is 17.3. The highest BCUT2D eigenvalue weighted by Gasteiger charge is 2.21. The Labute approximate surface area is 182 Å². The lowest BCUT2D eigenvalue weighted by molar-refractivity contribution is -0.134. The molecule has 0 radical (unpaired) electrons. The molecule has 1 heterocycles. The van der Waals surface area contributed by atoms with Gasteiger partial charge >= 0.3 is 11.9 Å². The van der Waals surface area contributed by atoms with E-state index < -0.39 is 18.9 Å². The summed E-state index contributed by atoms with van der Waals surface area (Å²) in [4.78, 5) is 22.9. The van der Waals surface area contributed by atoms with Gasteiger partial charge in [-0.05, 0) is 56.0 Å². The first-order valence-corrected chi connectivity index (χ1v) is 9.77. The Kier molecular flexibility index (Phi) is 7.03. The third-order valence-corrected chi connectivity index (χ3v) is 4.68. The van der Waals surface area contributed by atoms with Gasteiger partial charge in [0, 0.05) is 40.7 Å². The summed E-state index contributed by atoms with van der Waals surface area (Å²) in [7, 11) is 1.67. The fraction of sp³-hybridized carbons (Fsp3) is 0.333. The fourth-order valence-corrected chi connectivity index (χ4v) is 3.55. The average molecular weight is 414 g/mol. The molecule has 0 saturated carbocycles. The number of aryl methyl sites for hydroxylation is 2. The van der Waals surface area contributed by atoms with E-state index in [1.54, 1.807) is 7.05 Å². The van der Waals surface area contributed by atoms with E-state index in [-0.39, 0.29) is 5.92 Å². The highest BCUT2D eigenvalue weighted by atomic mass is 16.4. The van der Waals surface area contributed by atoms with E-state index in [0.29, 0.717) is 18.7 Å². The molecule has 0 aliphatic carbocycles. The Balaban J connectivity index is 0.000000414. The normalized spacial score (nSPS) is 15.6. The molecule has 1 aliphatic rings. The van der Waals surface area contributed by atoms with Crippen LogP contribution in [0, 0.1) is 5.92 Å². The summed E-state index contributed by atoms with van der Waals surface area (Å²) in [5, 5.41) is 15.6. The van der Waals surface area contributed by atoms with Crippen molar-refractivity contribution in [1.29, 1.82) is 0 Å². The molecule has 6 nitrogen and oxygen atoms in total. The van der Waals surface area contributed by atoms with E-state index in [1.807, 2.05) is 0 Å². The Morgan fingerprint density at radius 1 is 1.03 bits per heavy atom. The van der Waals surface area contributed by atoms with Crippen molar-refractivity contribution in [1.82, 2.24) is 4.90 Å². The molecule has 1 aliphatic heterocycles. The van der Waals surface area contributed by atoms with Crippen LogP contribution in [0.4, 0.5) is 11.4 Å². The molecule has 0 fully saturated rings. The summed E-state index contributed by atoms with van der Waals surface area (Å²) < 4.78 is 22.7. The summed E-state index contributed by atoms with van der Waals surface area (Å²) in [6.45, 7) is 1.42. The number of anilines is 2. The SMILES string of the molecule is O=C(O)/C=C\C(=O)O.[2H]C([2H])([2H])N(C)CC(C)CN1c2ccccc2CCc2ccccc21. The number of fused-ring (bicyclic) bond motifs is 2. The van der Waals surface area contributed by atoms with Crippen molar-refractivity contribution in [2.45, 2.75) is 19.8 Å². The minimum atomic E-state index is -2.04. The maximum Gasteiger partial charge on any atom is 0.328 e. The Hall–Kier alpha value is -3.12. The summed E-state index contributed by atoms with van der Waals surface area (Å²) in [6, 6.07) is 17.1. The Morgan fingerprint density at radius 3 is 1.93 bits per heavy atom. The molecule has 0 aromatic heterocycles. The number of aliphatic carboxylic acids is 2. The molecule has 0 saturated heterocycles. The van der Waals surface area contributed by atoms with E-state index in [2.05, 4.69) is 60.4 Å². The lowest BCUT2D eigenvalue weighted by Gasteiger charge is -2.30. The third kappa shape index (κ3) is 7.04. The van der Waals surface area contributed by atoms with Crippen molar-refractivity contribution < 1.29 is 23.9 Å². The van der Waals surface area contributed by atoms with Crippen LogP contribution in [0.1, 0.15) is 22.2 Å². The van der Waals surface area contributed by atoms with Crippen LogP contribution >= 0.6 is 0 Å². The number of carboxylic acids is 2. The van der Waals surface area contributed by atoms with Crippen LogP contribution in [0.15, 0.2) is 60.7 Å². The first-order chi connectivity index (χ1) is 15.5. The molecule has 2 aromatic rings. The number of para-hydroxylation sites is 2. The Morgan fingerprint density at radius 2 is 1.50 bits per heavy atom. The third-order valence-electron chi connectivity index (χ3n) is 4.68. The van der Waals surface area contributed by atoms with Crippen LogP contribution in [-0.2, 0) is 22.4 Å². The number of benzene rings is 2. The van der Waals surface area contributed by atoms with E-state index >= 15 is 0 Å². The molecular formula is C24H30N2O4. The summed E-state index contributed by atoms with van der Waals surface area (Å²) in [5.41, 5.74) is 5.21. The molecule has 0 spiro atoms. The molecule has 6 heteroatoms. The van der Waals surface area contributed by atoms with Crippen LogP contribution in [-0.4, -0.2) is 54.2 Å². The fourth-order valence-electron chi connectivity index (χ4n) is 3.55. The summed E-state index contributed by atoms with van der Waals surface area (Å²) >= 11 is 0. The van der Waals surface area contributed by atoms with Gasteiger partial charge in [0.2, 0.25) is 0 Å². The summed E-state index contributed by atoms with van der Waals surface area (Å²) in [6.07, 6.45) is 3.19. The van der Waals surface area contributed by atoms with E-state index in [1.165, 1.54) is 27.4 Å². The van der Waals surface area contributed by atoms with Crippen molar-refractivity contribution in [2.75, 3.05) is 32.0 Å². The van der Waals surface area contributed by atoms with Crippen LogP contribution in [0.2, 0.25) is 0 Å².